The molecule has 4 heteroatoms. The number of fused-ring (bicyclic) bond motifs is 6. The van der Waals surface area contributed by atoms with E-state index in [1.165, 1.54) is 0 Å². The zero-order chi connectivity index (χ0) is 24.6. The summed E-state index contributed by atoms with van der Waals surface area (Å²) in [4.78, 5) is 52.9. The van der Waals surface area contributed by atoms with Gasteiger partial charge in [0.05, 0.1) is 23.7 Å². The Morgan fingerprint density at radius 2 is 0.583 bits per heavy atom. The Morgan fingerprint density at radius 3 is 0.806 bits per heavy atom. The summed E-state index contributed by atoms with van der Waals surface area (Å²) in [5.74, 6) is -1.98. The molecule has 0 bridgehead atoms. The van der Waals surface area contributed by atoms with E-state index in [9.17, 15) is 19.2 Å². The van der Waals surface area contributed by atoms with Crippen molar-refractivity contribution < 1.29 is 19.2 Å². The minimum atomic E-state index is -0.454. The number of hydrogen-bond donors (Lipinski definition) is 0. The molecular weight excluding hydrogens is 448 g/mol. The van der Waals surface area contributed by atoms with Crippen molar-refractivity contribution in [1.82, 2.24) is 0 Å². The zero-order valence-electron chi connectivity index (χ0n) is 19.2. The van der Waals surface area contributed by atoms with Crippen LogP contribution in [0.4, 0.5) is 0 Å². The lowest BCUT2D eigenvalue weighted by molar-refractivity contribution is 0.0801. The van der Waals surface area contributed by atoms with Crippen molar-refractivity contribution in [2.75, 3.05) is 0 Å². The standard InChI is InChI=1S/C32H20O4/c33-29-21-5-1-2-6-22(21)30(34)26-14-18-11-12-20-16-28-27(15-19(20)10-9-17(18)13-25(26)29)31(35)23-7-3-4-8-24(23)32(28)36/h1-16,21-24H/b10-9-,12-11+,17-9?,18-11?,19-10?,20-12?/t21-,22+,23?,24?/m1/s1. The Bertz CT molecular complexity index is 1380. The van der Waals surface area contributed by atoms with E-state index >= 15 is 0 Å². The molecule has 0 amide bonds. The molecular formula is C32H20O4. The molecule has 5 aliphatic rings. The number of rotatable bonds is 0. The molecule has 7 rings (SSSR count). The van der Waals surface area contributed by atoms with Crippen molar-refractivity contribution in [2.45, 2.75) is 0 Å². The summed E-state index contributed by atoms with van der Waals surface area (Å²) in [5, 5.41) is 0. The Hall–Kier alpha value is -4.44. The number of carbonyl (C=O) groups excluding carboxylic acids is 4. The van der Waals surface area contributed by atoms with Gasteiger partial charge >= 0.3 is 0 Å². The Morgan fingerprint density at radius 1 is 0.361 bits per heavy atom. The maximum Gasteiger partial charge on any atom is 0.171 e. The van der Waals surface area contributed by atoms with E-state index in [2.05, 4.69) is 0 Å². The Kier molecular flexibility index (Phi) is 4.37. The van der Waals surface area contributed by atoms with Crippen LogP contribution in [-0.4, -0.2) is 23.1 Å². The zero-order valence-corrected chi connectivity index (χ0v) is 19.2. The van der Waals surface area contributed by atoms with Gasteiger partial charge in [-0.05, 0) is 46.5 Å². The summed E-state index contributed by atoms with van der Waals surface area (Å²) in [6.07, 6.45) is 22.1. The van der Waals surface area contributed by atoms with Gasteiger partial charge in [-0.2, -0.15) is 0 Å². The minimum absolute atomic E-state index is 0.0415. The second kappa shape index (κ2) is 7.53. The normalized spacial score (nSPS) is 28.2. The lowest BCUT2D eigenvalue weighted by atomic mass is 9.71. The highest BCUT2D eigenvalue weighted by Crippen LogP contribution is 2.39. The van der Waals surface area contributed by atoms with Crippen LogP contribution in [-0.2, 0) is 0 Å². The first-order chi connectivity index (χ1) is 17.5. The molecule has 0 heterocycles. The molecule has 0 fully saturated rings. The molecule has 0 saturated heterocycles. The summed E-state index contributed by atoms with van der Waals surface area (Å²) in [6, 6.07) is 7.21. The van der Waals surface area contributed by atoms with Gasteiger partial charge in [0.15, 0.2) is 23.1 Å². The van der Waals surface area contributed by atoms with Crippen molar-refractivity contribution >= 4 is 47.4 Å². The largest absolute Gasteiger partial charge is 0.293 e. The summed E-state index contributed by atoms with van der Waals surface area (Å²) >= 11 is 0. The van der Waals surface area contributed by atoms with Gasteiger partial charge in [-0.3, -0.25) is 19.2 Å². The molecule has 2 unspecified atom stereocenters. The first-order valence-corrected chi connectivity index (χ1v) is 12.1. The summed E-state index contributed by atoms with van der Waals surface area (Å²) in [5.41, 5.74) is 5.11. The van der Waals surface area contributed by atoms with E-state index < -0.39 is 23.7 Å². The van der Waals surface area contributed by atoms with Gasteiger partial charge in [-0.15, -0.1) is 0 Å². The quantitative estimate of drug-likeness (QED) is 0.417. The fourth-order valence-electron chi connectivity index (χ4n) is 5.95. The van der Waals surface area contributed by atoms with E-state index in [0.717, 1.165) is 22.3 Å². The summed E-state index contributed by atoms with van der Waals surface area (Å²) < 4.78 is 0. The average molecular weight is 469 g/mol. The van der Waals surface area contributed by atoms with Crippen LogP contribution < -0.4 is 0 Å². The molecule has 0 spiro atoms. The lowest BCUT2D eigenvalue weighted by Crippen LogP contribution is -2.35. The van der Waals surface area contributed by atoms with E-state index in [1.807, 2.05) is 48.6 Å². The van der Waals surface area contributed by atoms with E-state index in [4.69, 9.17) is 0 Å². The van der Waals surface area contributed by atoms with Crippen LogP contribution in [0.3, 0.4) is 0 Å². The first-order valence-electron chi connectivity index (χ1n) is 12.1. The van der Waals surface area contributed by atoms with Crippen molar-refractivity contribution in [2.24, 2.45) is 23.7 Å². The van der Waals surface area contributed by atoms with Crippen LogP contribution in [0.25, 0.3) is 24.3 Å². The van der Waals surface area contributed by atoms with E-state index in [1.54, 1.807) is 48.6 Å². The second-order valence-corrected chi connectivity index (χ2v) is 9.82. The third-order valence-electron chi connectivity index (χ3n) is 7.87. The fraction of sp³-hybridized carbons (Fsp3) is 0.125. The smallest absolute Gasteiger partial charge is 0.171 e. The third kappa shape index (κ3) is 2.88. The van der Waals surface area contributed by atoms with Gasteiger partial charge in [-0.25, -0.2) is 0 Å². The van der Waals surface area contributed by atoms with Gasteiger partial charge in [0, 0.05) is 22.3 Å². The first kappa shape index (κ1) is 20.9. The van der Waals surface area contributed by atoms with Crippen molar-refractivity contribution in [1.29, 1.82) is 0 Å². The van der Waals surface area contributed by atoms with Crippen LogP contribution >= 0.6 is 0 Å². The number of benzene rings is 2. The van der Waals surface area contributed by atoms with E-state index in [0.29, 0.717) is 22.3 Å². The van der Waals surface area contributed by atoms with Gasteiger partial charge in [0.1, 0.15) is 0 Å². The SMILES string of the molecule is O=C1c2cc3c(cc2C(=O)C2C=CC=CC12)/C=C/c1cc2c(cc1/C=C\3)C(=O)[C@@H]1C=CC=C[C@@H]1C2=O. The van der Waals surface area contributed by atoms with Gasteiger partial charge in [-0.1, -0.05) is 72.9 Å². The van der Waals surface area contributed by atoms with Crippen molar-refractivity contribution in [3.8, 4) is 0 Å². The molecule has 4 atom stereocenters. The van der Waals surface area contributed by atoms with Crippen LogP contribution in [0.2, 0.25) is 0 Å². The van der Waals surface area contributed by atoms with Crippen LogP contribution in [0, 0.1) is 23.7 Å². The third-order valence-corrected chi connectivity index (χ3v) is 7.87. The summed E-state index contributed by atoms with van der Waals surface area (Å²) in [7, 11) is 0. The molecule has 0 radical (unpaired) electrons. The molecule has 2 aromatic rings. The highest BCUT2D eigenvalue weighted by molar-refractivity contribution is 6.19. The van der Waals surface area contributed by atoms with Gasteiger partial charge in [0.2, 0.25) is 0 Å². The fourth-order valence-corrected chi connectivity index (χ4v) is 5.95. The number of Topliss-reactive ketones (excluding diaryl/α,β-unsaturated/α-hetero) is 4. The monoisotopic (exact) mass is 468 g/mol. The molecule has 0 aromatic heterocycles. The molecule has 0 aliphatic heterocycles. The van der Waals surface area contributed by atoms with Crippen LogP contribution in [0.5, 0.6) is 0 Å². The molecule has 2 aromatic carbocycles. The number of ketones is 4. The lowest BCUT2D eigenvalue weighted by Gasteiger charge is -2.29. The molecule has 4 nitrogen and oxygen atoms in total. The highest BCUT2D eigenvalue weighted by Gasteiger charge is 2.41. The maximum atomic E-state index is 13.2. The summed E-state index contributed by atoms with van der Waals surface area (Å²) in [6.45, 7) is 0. The van der Waals surface area contributed by atoms with Crippen LogP contribution in [0.15, 0.2) is 72.9 Å². The highest BCUT2D eigenvalue weighted by atomic mass is 16.1. The van der Waals surface area contributed by atoms with Gasteiger partial charge < -0.3 is 0 Å². The second-order valence-electron chi connectivity index (χ2n) is 9.82. The predicted octanol–water partition coefficient (Wildman–Crippen LogP) is 5.82. The van der Waals surface area contributed by atoms with Crippen LogP contribution in [0.1, 0.15) is 63.7 Å². The topological polar surface area (TPSA) is 68.3 Å². The number of carbonyl (C=O) groups is 4. The average Bonchev–Trinajstić information content (AvgIpc) is 2.91. The Balaban J connectivity index is 1.34. The number of hydrogen-bond acceptors (Lipinski definition) is 4. The molecule has 172 valence electrons. The number of allylic oxidation sites excluding steroid dienone is 8. The van der Waals surface area contributed by atoms with Crippen molar-refractivity contribution in [3.63, 3.8) is 0 Å². The molecule has 5 aliphatic carbocycles. The minimum Gasteiger partial charge on any atom is -0.293 e. The van der Waals surface area contributed by atoms with E-state index in [-0.39, 0.29) is 23.1 Å². The molecule has 0 N–H and O–H groups in total. The maximum absolute atomic E-state index is 13.2. The van der Waals surface area contributed by atoms with Crippen molar-refractivity contribution in [3.05, 3.63) is 117 Å². The Labute approximate surface area is 207 Å². The predicted molar refractivity (Wildman–Crippen MR) is 139 cm³/mol. The molecule has 36 heavy (non-hydrogen) atoms. The molecule has 0 saturated carbocycles. The van der Waals surface area contributed by atoms with Gasteiger partial charge in [0.25, 0.3) is 0 Å².